The van der Waals surface area contributed by atoms with Gasteiger partial charge in [0.1, 0.15) is 0 Å². The van der Waals surface area contributed by atoms with E-state index in [9.17, 15) is 0 Å². The Labute approximate surface area is 135 Å². The number of hydrogen-bond donors (Lipinski definition) is 0. The van der Waals surface area contributed by atoms with E-state index < -0.39 is 0 Å². The molecule has 0 spiro atoms. The highest BCUT2D eigenvalue weighted by Crippen LogP contribution is 2.19. The summed E-state index contributed by atoms with van der Waals surface area (Å²) < 4.78 is 0. The van der Waals surface area contributed by atoms with Gasteiger partial charge in [0.05, 0.1) is 0 Å². The van der Waals surface area contributed by atoms with Crippen LogP contribution in [0.1, 0.15) is 27.8 Å². The Bertz CT molecular complexity index is 681. The van der Waals surface area contributed by atoms with Crippen molar-refractivity contribution in [2.45, 2.75) is 20.8 Å². The second-order valence-corrected chi connectivity index (χ2v) is 5.64. The quantitative estimate of drug-likeness (QED) is 0.549. The first kappa shape index (κ1) is 15.7. The summed E-state index contributed by atoms with van der Waals surface area (Å²) >= 11 is 12.4. The van der Waals surface area contributed by atoms with E-state index in [0.717, 1.165) is 22.3 Å². The van der Waals surface area contributed by atoms with E-state index in [1.807, 2.05) is 44.2 Å². The van der Waals surface area contributed by atoms with Crippen molar-refractivity contribution >= 4 is 33.5 Å². The van der Waals surface area contributed by atoms with Crippen molar-refractivity contribution < 1.29 is 0 Å². The summed E-state index contributed by atoms with van der Waals surface area (Å²) in [5.41, 5.74) is 5.07. The van der Waals surface area contributed by atoms with Crippen LogP contribution in [-0.4, -0.2) is 10.3 Å². The molecule has 0 radical (unpaired) electrons. The monoisotopic (exact) mass is 318 g/mol. The summed E-state index contributed by atoms with van der Waals surface area (Å²) in [4.78, 5) is 0. The van der Waals surface area contributed by atoms with E-state index >= 15 is 0 Å². The lowest BCUT2D eigenvalue weighted by molar-refractivity contribution is 1.23. The van der Waals surface area contributed by atoms with E-state index in [1.165, 1.54) is 5.56 Å². The summed E-state index contributed by atoms with van der Waals surface area (Å²) in [6.45, 7) is 6.07. The maximum atomic E-state index is 6.28. The molecule has 2 nitrogen and oxygen atoms in total. The van der Waals surface area contributed by atoms with Crippen LogP contribution in [0.3, 0.4) is 0 Å². The lowest BCUT2D eigenvalue weighted by Gasteiger charge is -2.08. The maximum absolute atomic E-state index is 6.28. The first-order valence-corrected chi connectivity index (χ1v) is 7.35. The molecule has 2 aromatic rings. The van der Waals surface area contributed by atoms with Gasteiger partial charge in [0.25, 0.3) is 0 Å². The SMILES string of the molecule is Cc1cc(C)c(/C(Cl)=N/N=C(\Cl)c2ccccc2)c(C)c1. The Morgan fingerprint density at radius 2 is 1.33 bits per heavy atom. The lowest BCUT2D eigenvalue weighted by atomic mass is 10.0. The highest BCUT2D eigenvalue weighted by molar-refractivity contribution is 6.71. The van der Waals surface area contributed by atoms with Crippen LogP contribution in [0.5, 0.6) is 0 Å². The van der Waals surface area contributed by atoms with Crippen LogP contribution in [-0.2, 0) is 0 Å². The van der Waals surface area contributed by atoms with Crippen LogP contribution >= 0.6 is 23.2 Å². The maximum Gasteiger partial charge on any atom is 0.159 e. The van der Waals surface area contributed by atoms with Crippen molar-refractivity contribution in [3.05, 3.63) is 70.3 Å². The van der Waals surface area contributed by atoms with E-state index in [1.54, 1.807) is 0 Å². The average Bonchev–Trinajstić information content (AvgIpc) is 2.44. The highest BCUT2D eigenvalue weighted by Gasteiger charge is 2.09. The van der Waals surface area contributed by atoms with Gasteiger partial charge in [-0.15, -0.1) is 10.2 Å². The van der Waals surface area contributed by atoms with Crippen molar-refractivity contribution in [1.82, 2.24) is 0 Å². The van der Waals surface area contributed by atoms with Crippen molar-refractivity contribution in [3.8, 4) is 0 Å². The molecule has 0 unspecified atom stereocenters. The Balaban J connectivity index is 2.34. The summed E-state index contributed by atoms with van der Waals surface area (Å²) in [5, 5.41) is 8.74. The van der Waals surface area contributed by atoms with Crippen LogP contribution in [0.4, 0.5) is 0 Å². The summed E-state index contributed by atoms with van der Waals surface area (Å²) in [7, 11) is 0. The lowest BCUT2D eigenvalue weighted by Crippen LogP contribution is -2.00. The van der Waals surface area contributed by atoms with Crippen molar-refractivity contribution in [2.24, 2.45) is 10.2 Å². The molecule has 0 N–H and O–H groups in total. The van der Waals surface area contributed by atoms with E-state index in [0.29, 0.717) is 10.3 Å². The molecule has 0 saturated carbocycles. The third-order valence-electron chi connectivity index (χ3n) is 3.12. The Hall–Kier alpha value is -1.64. The van der Waals surface area contributed by atoms with Gasteiger partial charge in [-0.1, -0.05) is 71.2 Å². The van der Waals surface area contributed by atoms with E-state index in [2.05, 4.69) is 29.3 Å². The number of hydrogen-bond acceptors (Lipinski definition) is 2. The van der Waals surface area contributed by atoms with Gasteiger partial charge in [-0.05, 0) is 31.9 Å². The summed E-state index contributed by atoms with van der Waals surface area (Å²) in [5.74, 6) is 0. The molecule has 2 aromatic carbocycles. The molecule has 21 heavy (non-hydrogen) atoms. The second-order valence-electron chi connectivity index (χ2n) is 4.92. The van der Waals surface area contributed by atoms with Gasteiger partial charge < -0.3 is 0 Å². The third-order valence-corrected chi connectivity index (χ3v) is 3.68. The van der Waals surface area contributed by atoms with Crippen LogP contribution < -0.4 is 0 Å². The van der Waals surface area contributed by atoms with Gasteiger partial charge in [0, 0.05) is 11.1 Å². The molecular formula is C17H16Cl2N2. The number of rotatable bonds is 3. The van der Waals surface area contributed by atoms with Crippen molar-refractivity contribution in [3.63, 3.8) is 0 Å². The molecule has 0 heterocycles. The smallest absolute Gasteiger partial charge is 0.136 e. The highest BCUT2D eigenvalue weighted by atomic mass is 35.5. The Morgan fingerprint density at radius 3 is 1.90 bits per heavy atom. The van der Waals surface area contributed by atoms with E-state index in [-0.39, 0.29) is 0 Å². The summed E-state index contributed by atoms with van der Waals surface area (Å²) in [6.07, 6.45) is 0. The van der Waals surface area contributed by atoms with Crippen LogP contribution in [0.25, 0.3) is 0 Å². The predicted octanol–water partition coefficient (Wildman–Crippen LogP) is 5.20. The molecule has 0 bridgehead atoms. The molecule has 0 atom stereocenters. The van der Waals surface area contributed by atoms with Crippen LogP contribution in [0.2, 0.25) is 0 Å². The molecule has 0 aliphatic heterocycles. The zero-order valence-electron chi connectivity index (χ0n) is 12.2. The molecule has 0 amide bonds. The first-order valence-electron chi connectivity index (χ1n) is 6.59. The van der Waals surface area contributed by atoms with Gasteiger partial charge in [0.15, 0.2) is 10.3 Å². The topological polar surface area (TPSA) is 24.7 Å². The van der Waals surface area contributed by atoms with Crippen LogP contribution in [0, 0.1) is 20.8 Å². The molecule has 108 valence electrons. The van der Waals surface area contributed by atoms with Crippen LogP contribution in [0.15, 0.2) is 52.7 Å². The Morgan fingerprint density at radius 1 is 0.810 bits per heavy atom. The van der Waals surface area contributed by atoms with Gasteiger partial charge in [-0.25, -0.2) is 0 Å². The number of aryl methyl sites for hydroxylation is 3. The average molecular weight is 319 g/mol. The third kappa shape index (κ3) is 3.93. The molecule has 0 aromatic heterocycles. The normalized spacial score (nSPS) is 12.6. The first-order chi connectivity index (χ1) is 9.99. The van der Waals surface area contributed by atoms with Gasteiger partial charge in [-0.3, -0.25) is 0 Å². The van der Waals surface area contributed by atoms with Gasteiger partial charge >= 0.3 is 0 Å². The van der Waals surface area contributed by atoms with E-state index in [4.69, 9.17) is 23.2 Å². The number of halogens is 2. The van der Waals surface area contributed by atoms with Gasteiger partial charge in [-0.2, -0.15) is 0 Å². The minimum atomic E-state index is 0.316. The molecule has 0 aliphatic carbocycles. The Kier molecular flexibility index (Phi) is 5.16. The molecule has 2 rings (SSSR count). The fourth-order valence-electron chi connectivity index (χ4n) is 2.28. The van der Waals surface area contributed by atoms with Gasteiger partial charge in [0.2, 0.25) is 0 Å². The number of benzene rings is 2. The minimum absolute atomic E-state index is 0.316. The van der Waals surface area contributed by atoms with Crippen molar-refractivity contribution in [2.75, 3.05) is 0 Å². The molecular weight excluding hydrogens is 303 g/mol. The van der Waals surface area contributed by atoms with Crippen molar-refractivity contribution in [1.29, 1.82) is 0 Å². The standard InChI is InChI=1S/C17H16Cl2N2/c1-11-9-12(2)15(13(3)10-11)17(19)21-20-16(18)14-7-5-4-6-8-14/h4-10H,1-3H3/b20-16-,21-17-. The molecule has 0 saturated heterocycles. The zero-order chi connectivity index (χ0) is 15.4. The second kappa shape index (κ2) is 6.88. The largest absolute Gasteiger partial charge is 0.159 e. The molecule has 4 heteroatoms. The summed E-state index contributed by atoms with van der Waals surface area (Å²) in [6, 6.07) is 13.6. The zero-order valence-corrected chi connectivity index (χ0v) is 13.7. The fraction of sp³-hybridized carbons (Fsp3) is 0.176. The fourth-order valence-corrected chi connectivity index (χ4v) is 2.78. The number of nitrogens with zero attached hydrogens (tertiary/aromatic N) is 2. The molecule has 0 aliphatic rings. The predicted molar refractivity (Wildman–Crippen MR) is 91.9 cm³/mol. The molecule has 0 fully saturated rings. The minimum Gasteiger partial charge on any atom is -0.136 e.